The molecule has 5 nitrogen and oxygen atoms in total. The van der Waals surface area contributed by atoms with Crippen molar-refractivity contribution in [2.75, 3.05) is 7.05 Å². The third-order valence-electron chi connectivity index (χ3n) is 4.69. The average Bonchev–Trinajstić information content (AvgIpc) is 2.94. The summed E-state index contributed by atoms with van der Waals surface area (Å²) in [6.07, 6.45) is 0.232. The van der Waals surface area contributed by atoms with Crippen LogP contribution in [0.5, 0.6) is 0 Å². The first kappa shape index (κ1) is 12.1. The van der Waals surface area contributed by atoms with Gasteiger partial charge in [0.1, 0.15) is 0 Å². The fraction of sp³-hybridized carbons (Fsp3) is 0.467. The molecule has 3 aliphatic heterocycles. The summed E-state index contributed by atoms with van der Waals surface area (Å²) in [6.45, 7) is 2.07. The van der Waals surface area contributed by atoms with Crippen molar-refractivity contribution in [1.82, 2.24) is 9.96 Å². The normalized spacial score (nSPS) is 36.0. The molecule has 20 heavy (non-hydrogen) atoms. The van der Waals surface area contributed by atoms with Crippen LogP contribution in [0.3, 0.4) is 0 Å². The van der Waals surface area contributed by atoms with E-state index in [2.05, 4.69) is 13.0 Å². The molecule has 0 spiro atoms. The number of hydroxylamine groups is 2. The van der Waals surface area contributed by atoms with E-state index in [1.807, 2.05) is 23.3 Å². The van der Waals surface area contributed by atoms with Crippen LogP contribution in [0.15, 0.2) is 24.3 Å². The second-order valence-corrected chi connectivity index (χ2v) is 5.84. The van der Waals surface area contributed by atoms with Crippen molar-refractivity contribution in [3.05, 3.63) is 35.4 Å². The van der Waals surface area contributed by atoms with Crippen LogP contribution in [-0.4, -0.2) is 41.0 Å². The van der Waals surface area contributed by atoms with Gasteiger partial charge >= 0.3 is 0 Å². The topological polar surface area (TPSA) is 49.9 Å². The molecule has 2 amide bonds. The Morgan fingerprint density at radius 3 is 2.75 bits per heavy atom. The molecule has 0 bridgehead atoms. The van der Waals surface area contributed by atoms with Gasteiger partial charge in [-0.2, -0.15) is 5.06 Å². The zero-order chi connectivity index (χ0) is 14.0. The molecule has 104 valence electrons. The predicted octanol–water partition coefficient (Wildman–Crippen LogP) is 0.903. The Labute approximate surface area is 117 Å². The van der Waals surface area contributed by atoms with Crippen LogP contribution in [0, 0.1) is 5.92 Å². The largest absolute Gasteiger partial charge is 0.284 e. The lowest BCUT2D eigenvalue weighted by atomic mass is 9.83. The van der Waals surface area contributed by atoms with Crippen LogP contribution in [0.2, 0.25) is 0 Å². The maximum Gasteiger partial charge on any atom is 0.261 e. The van der Waals surface area contributed by atoms with Crippen molar-refractivity contribution in [2.45, 2.75) is 31.5 Å². The van der Waals surface area contributed by atoms with Crippen molar-refractivity contribution in [2.24, 2.45) is 5.92 Å². The minimum Gasteiger partial charge on any atom is -0.284 e. The van der Waals surface area contributed by atoms with Gasteiger partial charge in [0.2, 0.25) is 5.91 Å². The third-order valence-corrected chi connectivity index (χ3v) is 4.69. The molecule has 2 saturated heterocycles. The van der Waals surface area contributed by atoms with Gasteiger partial charge in [-0.1, -0.05) is 24.3 Å². The quantitative estimate of drug-likeness (QED) is 0.659. The van der Waals surface area contributed by atoms with Crippen molar-refractivity contribution < 1.29 is 14.4 Å². The first-order valence-electron chi connectivity index (χ1n) is 6.94. The van der Waals surface area contributed by atoms with E-state index in [1.165, 1.54) is 17.5 Å². The molecule has 0 N–H and O–H groups in total. The molecule has 3 aliphatic rings. The highest BCUT2D eigenvalue weighted by atomic mass is 16.7. The first-order valence-corrected chi connectivity index (χ1v) is 6.94. The summed E-state index contributed by atoms with van der Waals surface area (Å²) in [5.74, 6) is -0.758. The standard InChI is InChI=1S/C15H16N2O3/c1-8-7-9-5-3-4-6-10(9)12-11-13(20-17(8)12)15(19)16(2)14(11)18/h3-6,8,11-13H,7H2,1-2H3/t8-,11-,12+,13+/m0/s1. The number of fused-ring (bicyclic) bond motifs is 5. The maximum absolute atomic E-state index is 12.4. The van der Waals surface area contributed by atoms with Gasteiger partial charge in [-0.25, -0.2) is 0 Å². The smallest absolute Gasteiger partial charge is 0.261 e. The highest BCUT2D eigenvalue weighted by molar-refractivity contribution is 6.07. The van der Waals surface area contributed by atoms with E-state index < -0.39 is 12.0 Å². The molecule has 0 saturated carbocycles. The van der Waals surface area contributed by atoms with Gasteiger partial charge in [0.05, 0.1) is 12.0 Å². The highest BCUT2D eigenvalue weighted by Gasteiger charge is 2.60. The summed E-state index contributed by atoms with van der Waals surface area (Å²) in [4.78, 5) is 31.5. The summed E-state index contributed by atoms with van der Waals surface area (Å²) in [6, 6.07) is 8.17. The van der Waals surface area contributed by atoms with Crippen LogP contribution in [0.1, 0.15) is 24.1 Å². The fourth-order valence-corrected chi connectivity index (χ4v) is 3.70. The summed E-state index contributed by atoms with van der Waals surface area (Å²) in [5.41, 5.74) is 2.37. The van der Waals surface area contributed by atoms with Gasteiger partial charge in [0.25, 0.3) is 5.91 Å². The van der Waals surface area contributed by atoms with Gasteiger partial charge < -0.3 is 0 Å². The van der Waals surface area contributed by atoms with Gasteiger partial charge in [-0.3, -0.25) is 19.3 Å². The third kappa shape index (κ3) is 1.34. The second-order valence-electron chi connectivity index (χ2n) is 5.84. The van der Waals surface area contributed by atoms with E-state index in [0.29, 0.717) is 0 Å². The van der Waals surface area contributed by atoms with Crippen LogP contribution < -0.4 is 0 Å². The number of carbonyl (C=O) groups excluding carboxylic acids is 2. The fourth-order valence-electron chi connectivity index (χ4n) is 3.70. The molecule has 0 unspecified atom stereocenters. The Balaban J connectivity index is 1.85. The molecule has 4 atom stereocenters. The number of hydrogen-bond donors (Lipinski definition) is 0. The minimum atomic E-state index is -0.647. The van der Waals surface area contributed by atoms with Crippen LogP contribution in [0.25, 0.3) is 0 Å². The molecule has 3 heterocycles. The lowest BCUT2D eigenvalue weighted by Crippen LogP contribution is -2.42. The van der Waals surface area contributed by atoms with E-state index in [9.17, 15) is 9.59 Å². The van der Waals surface area contributed by atoms with Crippen molar-refractivity contribution in [3.63, 3.8) is 0 Å². The Morgan fingerprint density at radius 1 is 1.20 bits per heavy atom. The molecule has 0 radical (unpaired) electrons. The maximum atomic E-state index is 12.4. The number of nitrogens with zero attached hydrogens (tertiary/aromatic N) is 2. The van der Waals surface area contributed by atoms with Crippen molar-refractivity contribution >= 4 is 11.8 Å². The summed E-state index contributed by atoms with van der Waals surface area (Å²) in [5, 5.41) is 1.86. The number of rotatable bonds is 0. The zero-order valence-corrected chi connectivity index (χ0v) is 11.4. The Bertz CT molecular complexity index is 615. The monoisotopic (exact) mass is 272 g/mol. The van der Waals surface area contributed by atoms with E-state index >= 15 is 0 Å². The lowest BCUT2D eigenvalue weighted by Gasteiger charge is -2.37. The highest BCUT2D eigenvalue weighted by Crippen LogP contribution is 2.48. The molecular weight excluding hydrogens is 256 g/mol. The van der Waals surface area contributed by atoms with Crippen LogP contribution in [0.4, 0.5) is 0 Å². The van der Waals surface area contributed by atoms with Gasteiger partial charge in [0.15, 0.2) is 6.10 Å². The summed E-state index contributed by atoms with van der Waals surface area (Å²) >= 11 is 0. The molecule has 1 aromatic carbocycles. The lowest BCUT2D eigenvalue weighted by molar-refractivity contribution is -0.197. The molecule has 4 rings (SSSR count). The zero-order valence-electron chi connectivity index (χ0n) is 11.4. The van der Waals surface area contributed by atoms with E-state index in [4.69, 9.17) is 4.84 Å². The Kier molecular flexibility index (Phi) is 2.35. The number of hydrogen-bond acceptors (Lipinski definition) is 4. The van der Waals surface area contributed by atoms with Crippen molar-refractivity contribution in [1.29, 1.82) is 0 Å². The predicted molar refractivity (Wildman–Crippen MR) is 70.3 cm³/mol. The number of likely N-dealkylation sites (N-methyl/N-ethyl adjacent to an activating group) is 1. The second kappa shape index (κ2) is 3.90. The van der Waals surface area contributed by atoms with Gasteiger partial charge in [0, 0.05) is 13.1 Å². The van der Waals surface area contributed by atoms with E-state index in [0.717, 1.165) is 12.0 Å². The number of likely N-dealkylation sites (tertiary alicyclic amines) is 1. The molecule has 0 aliphatic carbocycles. The molecule has 1 aromatic rings. The first-order chi connectivity index (χ1) is 9.59. The molecule has 2 fully saturated rings. The van der Waals surface area contributed by atoms with E-state index in [1.54, 1.807) is 0 Å². The number of benzene rings is 1. The SMILES string of the molecule is C[C@H]1Cc2ccccc2[C@@H]2[C@@H]3C(=O)N(C)C(=O)[C@@H]3ON21. The van der Waals surface area contributed by atoms with Gasteiger partial charge in [-0.15, -0.1) is 0 Å². The Morgan fingerprint density at radius 2 is 1.95 bits per heavy atom. The molecule has 0 aromatic heterocycles. The summed E-state index contributed by atoms with van der Waals surface area (Å²) < 4.78 is 0. The van der Waals surface area contributed by atoms with E-state index in [-0.39, 0.29) is 23.9 Å². The van der Waals surface area contributed by atoms with Gasteiger partial charge in [-0.05, 0) is 24.5 Å². The number of imide groups is 1. The van der Waals surface area contributed by atoms with Crippen LogP contribution in [-0.2, 0) is 20.8 Å². The molecular formula is C15H16N2O3. The van der Waals surface area contributed by atoms with Crippen LogP contribution >= 0.6 is 0 Å². The number of carbonyl (C=O) groups is 2. The Hall–Kier alpha value is -1.72. The van der Waals surface area contributed by atoms with Crippen molar-refractivity contribution in [3.8, 4) is 0 Å². The summed E-state index contributed by atoms with van der Waals surface area (Å²) in [7, 11) is 1.54. The molecule has 5 heteroatoms. The minimum absolute atomic E-state index is 0.128. The number of amides is 2. The average molecular weight is 272 g/mol.